The largest absolute Gasteiger partial charge is 0.309 e. The van der Waals surface area contributed by atoms with Crippen LogP contribution in [0.15, 0.2) is 28.0 Å². The molecular formula is C12H16N2S2. The van der Waals surface area contributed by atoms with Crippen LogP contribution in [-0.4, -0.2) is 37.5 Å². The van der Waals surface area contributed by atoms with Gasteiger partial charge in [0.25, 0.3) is 0 Å². The van der Waals surface area contributed by atoms with Crippen LogP contribution in [0, 0.1) is 11.3 Å². The molecule has 0 N–H and O–H groups in total. The molecule has 0 bridgehead atoms. The highest BCUT2D eigenvalue weighted by atomic mass is 32.2. The van der Waals surface area contributed by atoms with E-state index in [2.05, 4.69) is 25.1 Å². The van der Waals surface area contributed by atoms with E-state index in [4.69, 9.17) is 5.26 Å². The van der Waals surface area contributed by atoms with Crippen LogP contribution in [0.5, 0.6) is 0 Å². The minimum Gasteiger partial charge on any atom is -0.309 e. The lowest BCUT2D eigenvalue weighted by molar-refractivity contribution is 0.437. The van der Waals surface area contributed by atoms with E-state index in [0.29, 0.717) is 0 Å². The summed E-state index contributed by atoms with van der Waals surface area (Å²) in [5, 5.41) is 9.15. The highest BCUT2D eigenvalue weighted by molar-refractivity contribution is 7.99. The Kier molecular flexibility index (Phi) is 5.75. The molecule has 0 heterocycles. The Bertz CT molecular complexity index is 383. The van der Waals surface area contributed by atoms with Crippen LogP contribution in [-0.2, 0) is 0 Å². The van der Waals surface area contributed by atoms with Crippen LogP contribution >= 0.6 is 23.5 Å². The lowest BCUT2D eigenvalue weighted by atomic mass is 10.2. The van der Waals surface area contributed by atoms with Gasteiger partial charge >= 0.3 is 0 Å². The molecule has 2 nitrogen and oxygen atoms in total. The molecule has 86 valence electrons. The minimum atomic E-state index is 0.818. The van der Waals surface area contributed by atoms with Crippen molar-refractivity contribution in [1.82, 2.24) is 4.90 Å². The van der Waals surface area contributed by atoms with Crippen molar-refractivity contribution in [3.05, 3.63) is 23.8 Å². The fourth-order valence-corrected chi connectivity index (χ4v) is 3.04. The highest BCUT2D eigenvalue weighted by Gasteiger charge is 2.07. The van der Waals surface area contributed by atoms with E-state index in [1.54, 1.807) is 23.5 Å². The van der Waals surface area contributed by atoms with E-state index < -0.39 is 0 Å². The number of rotatable bonds is 5. The van der Waals surface area contributed by atoms with Gasteiger partial charge in [0.05, 0.1) is 5.56 Å². The Labute approximate surface area is 106 Å². The van der Waals surface area contributed by atoms with Gasteiger partial charge in [-0.25, -0.2) is 0 Å². The van der Waals surface area contributed by atoms with Crippen LogP contribution in [0.25, 0.3) is 0 Å². The summed E-state index contributed by atoms with van der Waals surface area (Å²) in [6.07, 6.45) is 2.00. The van der Waals surface area contributed by atoms with Crippen molar-refractivity contribution in [3.63, 3.8) is 0 Å². The van der Waals surface area contributed by atoms with E-state index in [1.807, 2.05) is 24.5 Å². The van der Waals surface area contributed by atoms with Crippen molar-refractivity contribution >= 4 is 23.5 Å². The van der Waals surface area contributed by atoms with Gasteiger partial charge in [0.15, 0.2) is 0 Å². The fraction of sp³-hybridized carbons (Fsp3) is 0.417. The van der Waals surface area contributed by atoms with Crippen molar-refractivity contribution < 1.29 is 0 Å². The first kappa shape index (κ1) is 13.4. The summed E-state index contributed by atoms with van der Waals surface area (Å²) in [5.41, 5.74) is 0.818. The van der Waals surface area contributed by atoms with Crippen molar-refractivity contribution in [3.8, 4) is 6.07 Å². The average Bonchev–Trinajstić information content (AvgIpc) is 2.28. The van der Waals surface area contributed by atoms with Gasteiger partial charge in [-0.2, -0.15) is 5.26 Å². The third-order valence-electron chi connectivity index (χ3n) is 2.12. The van der Waals surface area contributed by atoms with Gasteiger partial charge in [-0.3, -0.25) is 0 Å². The Balaban J connectivity index is 2.76. The summed E-state index contributed by atoms with van der Waals surface area (Å²) in [4.78, 5) is 4.31. The van der Waals surface area contributed by atoms with Crippen LogP contribution in [0.3, 0.4) is 0 Å². The normalized spacial score (nSPS) is 10.4. The van der Waals surface area contributed by atoms with Crippen LogP contribution in [0.1, 0.15) is 5.56 Å². The standard InChI is InChI=1S/C12H16N2S2/c1-14(2)7-8-16-12-6-4-5-11(15-3)10(12)9-13/h4-6H,7-8H2,1-3H3. The molecule has 0 saturated heterocycles. The second-order valence-corrected chi connectivity index (χ2v) is 5.58. The van der Waals surface area contributed by atoms with E-state index in [-0.39, 0.29) is 0 Å². The maximum atomic E-state index is 9.15. The number of nitriles is 1. The molecule has 4 heteroatoms. The van der Waals surface area contributed by atoms with Gasteiger partial charge in [0.2, 0.25) is 0 Å². The molecule has 0 aliphatic heterocycles. The molecule has 0 atom stereocenters. The molecule has 0 saturated carbocycles. The van der Waals surface area contributed by atoms with E-state index in [9.17, 15) is 0 Å². The number of hydrogen-bond donors (Lipinski definition) is 0. The number of thioether (sulfide) groups is 2. The van der Waals surface area contributed by atoms with Gasteiger partial charge in [-0.1, -0.05) is 6.07 Å². The quantitative estimate of drug-likeness (QED) is 0.753. The smallest absolute Gasteiger partial charge is 0.101 e. The molecular weight excluding hydrogens is 236 g/mol. The molecule has 1 aromatic carbocycles. The zero-order valence-electron chi connectivity index (χ0n) is 9.86. The molecule has 16 heavy (non-hydrogen) atoms. The average molecular weight is 252 g/mol. The van der Waals surface area contributed by atoms with Gasteiger partial charge in [0, 0.05) is 22.1 Å². The number of benzene rings is 1. The molecule has 0 unspecified atom stereocenters. The summed E-state index contributed by atoms with van der Waals surface area (Å²) in [6.45, 7) is 1.03. The molecule has 0 amide bonds. The van der Waals surface area contributed by atoms with Crippen molar-refractivity contribution in [2.75, 3.05) is 32.6 Å². The summed E-state index contributed by atoms with van der Waals surface area (Å²) in [7, 11) is 4.12. The predicted molar refractivity (Wildman–Crippen MR) is 72.2 cm³/mol. The SMILES string of the molecule is CSc1cccc(SCCN(C)C)c1C#N. The lowest BCUT2D eigenvalue weighted by Gasteiger charge is -2.10. The second-order valence-electron chi connectivity index (χ2n) is 3.60. The Morgan fingerprint density at radius 2 is 2.00 bits per heavy atom. The molecule has 0 aliphatic rings. The summed E-state index contributed by atoms with van der Waals surface area (Å²) >= 11 is 3.38. The molecule has 0 aromatic heterocycles. The predicted octanol–water partition coefficient (Wildman–Crippen LogP) is 2.93. The zero-order valence-corrected chi connectivity index (χ0v) is 11.5. The van der Waals surface area contributed by atoms with Gasteiger partial charge in [0.1, 0.15) is 6.07 Å². The molecule has 0 radical (unpaired) electrons. The Morgan fingerprint density at radius 1 is 1.31 bits per heavy atom. The lowest BCUT2D eigenvalue weighted by Crippen LogP contribution is -2.14. The summed E-state index contributed by atoms with van der Waals surface area (Å²) in [6, 6.07) is 8.34. The molecule has 0 fully saturated rings. The summed E-state index contributed by atoms with van der Waals surface area (Å²) in [5.74, 6) is 1.01. The van der Waals surface area contributed by atoms with E-state index >= 15 is 0 Å². The van der Waals surface area contributed by atoms with Crippen LogP contribution in [0.4, 0.5) is 0 Å². The molecule has 1 rings (SSSR count). The monoisotopic (exact) mass is 252 g/mol. The summed E-state index contributed by atoms with van der Waals surface area (Å²) < 4.78 is 0. The van der Waals surface area contributed by atoms with Crippen molar-refractivity contribution in [2.45, 2.75) is 9.79 Å². The zero-order chi connectivity index (χ0) is 12.0. The van der Waals surface area contributed by atoms with Crippen LogP contribution < -0.4 is 0 Å². The van der Waals surface area contributed by atoms with Crippen LogP contribution in [0.2, 0.25) is 0 Å². The topological polar surface area (TPSA) is 27.0 Å². The first-order chi connectivity index (χ1) is 7.69. The maximum absolute atomic E-state index is 9.15. The first-order valence-corrected chi connectivity index (χ1v) is 7.24. The second kappa shape index (κ2) is 6.85. The Hall–Kier alpha value is -0.630. The third-order valence-corrected chi connectivity index (χ3v) is 3.93. The van der Waals surface area contributed by atoms with Gasteiger partial charge in [-0.05, 0) is 32.5 Å². The number of nitrogens with zero attached hydrogens (tertiary/aromatic N) is 2. The fourth-order valence-electron chi connectivity index (χ4n) is 1.25. The molecule has 1 aromatic rings. The van der Waals surface area contributed by atoms with E-state index in [1.165, 1.54) is 0 Å². The minimum absolute atomic E-state index is 0.818. The van der Waals surface area contributed by atoms with Crippen molar-refractivity contribution in [2.24, 2.45) is 0 Å². The van der Waals surface area contributed by atoms with E-state index in [0.717, 1.165) is 27.7 Å². The molecule has 0 spiro atoms. The highest BCUT2D eigenvalue weighted by Crippen LogP contribution is 2.29. The van der Waals surface area contributed by atoms with Crippen molar-refractivity contribution in [1.29, 1.82) is 5.26 Å². The maximum Gasteiger partial charge on any atom is 0.101 e. The van der Waals surface area contributed by atoms with Gasteiger partial charge in [-0.15, -0.1) is 23.5 Å². The number of hydrogen-bond acceptors (Lipinski definition) is 4. The Morgan fingerprint density at radius 3 is 2.56 bits per heavy atom. The van der Waals surface area contributed by atoms with Gasteiger partial charge < -0.3 is 4.90 Å². The first-order valence-electron chi connectivity index (χ1n) is 5.03. The third kappa shape index (κ3) is 3.75. The molecule has 0 aliphatic carbocycles.